The second-order valence-electron chi connectivity index (χ2n) is 8.14. The Hall–Kier alpha value is -0.570. The van der Waals surface area contributed by atoms with Crippen LogP contribution in [0.25, 0.3) is 0 Å². The number of nitrogens with two attached hydrogens (primary N) is 1. The van der Waals surface area contributed by atoms with Gasteiger partial charge in [-0.25, -0.2) is 0 Å². The Balaban J connectivity index is 2.40. The molecule has 124 valence electrons. The average Bonchev–Trinajstić information content (AvgIpc) is 2.42. The van der Waals surface area contributed by atoms with Crippen LogP contribution in [0, 0.1) is 23.2 Å². The first-order valence-corrected chi connectivity index (χ1v) is 8.73. The summed E-state index contributed by atoms with van der Waals surface area (Å²) in [7, 11) is 0. The molecule has 0 aliphatic carbocycles. The van der Waals surface area contributed by atoms with Gasteiger partial charge in [-0.1, -0.05) is 34.6 Å². The van der Waals surface area contributed by atoms with E-state index in [1.807, 2.05) is 0 Å². The first kappa shape index (κ1) is 18.5. The molecule has 21 heavy (non-hydrogen) atoms. The van der Waals surface area contributed by atoms with Crippen molar-refractivity contribution in [3.8, 4) is 0 Å². The number of rotatable bonds is 6. The fourth-order valence-electron chi connectivity index (χ4n) is 3.48. The third-order valence-corrected chi connectivity index (χ3v) is 5.28. The van der Waals surface area contributed by atoms with Gasteiger partial charge in [0.2, 0.25) is 5.91 Å². The molecule has 3 nitrogen and oxygen atoms in total. The van der Waals surface area contributed by atoms with Crippen molar-refractivity contribution in [1.29, 1.82) is 0 Å². The maximum absolute atomic E-state index is 12.4. The Morgan fingerprint density at radius 2 is 1.76 bits per heavy atom. The maximum Gasteiger partial charge on any atom is 0.222 e. The average molecular weight is 296 g/mol. The predicted molar refractivity (Wildman–Crippen MR) is 90.0 cm³/mol. The number of amides is 1. The molecule has 1 rings (SSSR count). The summed E-state index contributed by atoms with van der Waals surface area (Å²) in [6, 6.07) is 0. The summed E-state index contributed by atoms with van der Waals surface area (Å²) < 4.78 is 0. The summed E-state index contributed by atoms with van der Waals surface area (Å²) in [5.74, 6) is 2.44. The highest BCUT2D eigenvalue weighted by Crippen LogP contribution is 2.32. The molecule has 0 bridgehead atoms. The molecule has 0 aromatic carbocycles. The molecule has 1 amide bonds. The zero-order valence-corrected chi connectivity index (χ0v) is 14.8. The maximum atomic E-state index is 12.4. The first-order valence-electron chi connectivity index (χ1n) is 8.73. The van der Waals surface area contributed by atoms with Crippen molar-refractivity contribution in [3.63, 3.8) is 0 Å². The van der Waals surface area contributed by atoms with Crippen LogP contribution >= 0.6 is 0 Å². The van der Waals surface area contributed by atoms with Crippen LogP contribution in [0.3, 0.4) is 0 Å². The van der Waals surface area contributed by atoms with E-state index in [4.69, 9.17) is 5.73 Å². The topological polar surface area (TPSA) is 46.3 Å². The normalized spacial score (nSPS) is 19.1. The molecule has 0 saturated carbocycles. The Kier molecular flexibility index (Phi) is 7.19. The van der Waals surface area contributed by atoms with Gasteiger partial charge < -0.3 is 10.6 Å². The Morgan fingerprint density at radius 1 is 1.19 bits per heavy atom. The standard InChI is InChI=1S/C18H36N2O/c1-14(2)15-9-12-20(13-10-15)17(21)7-6-16(8-11-19)18(3,4)5/h14-16H,6-13,19H2,1-5H3. The minimum Gasteiger partial charge on any atom is -0.343 e. The van der Waals surface area contributed by atoms with Gasteiger partial charge in [0, 0.05) is 19.5 Å². The quantitative estimate of drug-likeness (QED) is 0.813. The van der Waals surface area contributed by atoms with Crippen LogP contribution in [0.15, 0.2) is 0 Å². The number of hydrogen-bond donors (Lipinski definition) is 1. The number of nitrogens with zero attached hydrogens (tertiary/aromatic N) is 1. The second kappa shape index (κ2) is 8.17. The van der Waals surface area contributed by atoms with E-state index in [0.29, 0.717) is 18.2 Å². The molecule has 1 heterocycles. The highest BCUT2D eigenvalue weighted by molar-refractivity contribution is 5.76. The zero-order valence-electron chi connectivity index (χ0n) is 14.8. The minimum atomic E-state index is 0.240. The van der Waals surface area contributed by atoms with Crippen molar-refractivity contribution in [2.45, 2.75) is 66.7 Å². The second-order valence-corrected chi connectivity index (χ2v) is 8.14. The van der Waals surface area contributed by atoms with E-state index < -0.39 is 0 Å². The molecule has 3 heteroatoms. The van der Waals surface area contributed by atoms with E-state index in [2.05, 4.69) is 39.5 Å². The fourth-order valence-corrected chi connectivity index (χ4v) is 3.48. The largest absolute Gasteiger partial charge is 0.343 e. The monoisotopic (exact) mass is 296 g/mol. The third-order valence-electron chi connectivity index (χ3n) is 5.28. The molecule has 1 unspecified atom stereocenters. The van der Waals surface area contributed by atoms with Crippen molar-refractivity contribution in [3.05, 3.63) is 0 Å². The van der Waals surface area contributed by atoms with Crippen molar-refractivity contribution in [2.75, 3.05) is 19.6 Å². The highest BCUT2D eigenvalue weighted by atomic mass is 16.2. The molecule has 1 atom stereocenters. The van der Waals surface area contributed by atoms with Gasteiger partial charge in [0.1, 0.15) is 0 Å². The van der Waals surface area contributed by atoms with Gasteiger partial charge in [-0.15, -0.1) is 0 Å². The lowest BCUT2D eigenvalue weighted by Crippen LogP contribution is -2.39. The van der Waals surface area contributed by atoms with Gasteiger partial charge in [-0.2, -0.15) is 0 Å². The van der Waals surface area contributed by atoms with Gasteiger partial charge in [-0.05, 0) is 55.4 Å². The zero-order chi connectivity index (χ0) is 16.0. The summed E-state index contributed by atoms with van der Waals surface area (Å²) in [6.07, 6.45) is 5.04. The Morgan fingerprint density at radius 3 is 2.19 bits per heavy atom. The van der Waals surface area contributed by atoms with Crippen LogP contribution in [0.4, 0.5) is 0 Å². The SMILES string of the molecule is CC(C)C1CCN(C(=O)CCC(CCN)C(C)(C)C)CC1. The smallest absolute Gasteiger partial charge is 0.222 e. The van der Waals surface area contributed by atoms with Crippen LogP contribution in [0.5, 0.6) is 0 Å². The van der Waals surface area contributed by atoms with Gasteiger partial charge >= 0.3 is 0 Å². The molecule has 1 aliphatic heterocycles. The molecule has 0 aromatic heterocycles. The van der Waals surface area contributed by atoms with E-state index in [9.17, 15) is 4.79 Å². The molecule has 2 N–H and O–H groups in total. The molecule has 1 saturated heterocycles. The van der Waals surface area contributed by atoms with E-state index in [0.717, 1.165) is 44.3 Å². The lowest BCUT2D eigenvalue weighted by Gasteiger charge is -2.35. The highest BCUT2D eigenvalue weighted by Gasteiger charge is 2.27. The van der Waals surface area contributed by atoms with Crippen LogP contribution in [0.2, 0.25) is 0 Å². The number of hydrogen-bond acceptors (Lipinski definition) is 2. The van der Waals surface area contributed by atoms with Crippen molar-refractivity contribution < 1.29 is 4.79 Å². The van der Waals surface area contributed by atoms with Crippen LogP contribution in [0.1, 0.15) is 66.7 Å². The minimum absolute atomic E-state index is 0.240. The van der Waals surface area contributed by atoms with Crippen molar-refractivity contribution >= 4 is 5.91 Å². The number of carbonyl (C=O) groups excluding carboxylic acids is 1. The lowest BCUT2D eigenvalue weighted by molar-refractivity contribution is -0.133. The third kappa shape index (κ3) is 5.98. The summed E-state index contributed by atoms with van der Waals surface area (Å²) in [4.78, 5) is 14.5. The van der Waals surface area contributed by atoms with Gasteiger partial charge in [0.05, 0.1) is 0 Å². The Bertz CT molecular complexity index is 312. The molecule has 1 aliphatic rings. The van der Waals surface area contributed by atoms with Crippen molar-refractivity contribution in [2.24, 2.45) is 28.9 Å². The van der Waals surface area contributed by atoms with E-state index in [1.165, 1.54) is 12.8 Å². The molecule has 0 aromatic rings. The van der Waals surface area contributed by atoms with Gasteiger partial charge in [0.25, 0.3) is 0 Å². The van der Waals surface area contributed by atoms with Crippen molar-refractivity contribution in [1.82, 2.24) is 4.90 Å². The molecular formula is C18H36N2O. The summed E-state index contributed by atoms with van der Waals surface area (Å²) in [5, 5.41) is 0. The molecular weight excluding hydrogens is 260 g/mol. The predicted octanol–water partition coefficient (Wildman–Crippen LogP) is 3.67. The lowest BCUT2D eigenvalue weighted by atomic mass is 9.76. The first-order chi connectivity index (χ1) is 9.75. The summed E-state index contributed by atoms with van der Waals surface area (Å²) >= 11 is 0. The summed E-state index contributed by atoms with van der Waals surface area (Å²) in [6.45, 7) is 14.0. The van der Waals surface area contributed by atoms with Gasteiger partial charge in [-0.3, -0.25) is 4.79 Å². The number of likely N-dealkylation sites (tertiary alicyclic amines) is 1. The van der Waals surface area contributed by atoms with Gasteiger partial charge in [0.15, 0.2) is 0 Å². The van der Waals surface area contributed by atoms with Crippen LogP contribution < -0.4 is 5.73 Å². The van der Waals surface area contributed by atoms with E-state index >= 15 is 0 Å². The molecule has 0 radical (unpaired) electrons. The van der Waals surface area contributed by atoms with E-state index in [1.54, 1.807) is 0 Å². The Labute approximate surface area is 131 Å². The summed E-state index contributed by atoms with van der Waals surface area (Å²) in [5.41, 5.74) is 5.96. The fraction of sp³-hybridized carbons (Fsp3) is 0.944. The number of carbonyl (C=O) groups is 1. The molecule has 1 fully saturated rings. The van der Waals surface area contributed by atoms with E-state index in [-0.39, 0.29) is 5.41 Å². The number of piperidine rings is 1. The van der Waals surface area contributed by atoms with Crippen LogP contribution in [-0.4, -0.2) is 30.4 Å². The van der Waals surface area contributed by atoms with Crippen LogP contribution in [-0.2, 0) is 4.79 Å². The molecule has 0 spiro atoms.